The van der Waals surface area contributed by atoms with Crippen LogP contribution in [0.3, 0.4) is 0 Å². The largest absolute Gasteiger partial charge is 0.394 e. The first-order valence-electron chi connectivity index (χ1n) is 25.4. The van der Waals surface area contributed by atoms with Gasteiger partial charge in [-0.05, 0) is 31.1 Å². The Morgan fingerprint density at radius 1 is 0.583 bits per heavy atom. The maximum absolute atomic E-state index is 13.1. The van der Waals surface area contributed by atoms with Crippen LogP contribution >= 0.6 is 0 Å². The topological polar surface area (TPSA) is 189 Å². The number of ether oxygens (including phenoxy) is 2. The van der Waals surface area contributed by atoms with Crippen molar-refractivity contribution in [1.82, 2.24) is 5.32 Å². The van der Waals surface area contributed by atoms with E-state index in [4.69, 9.17) is 9.47 Å². The van der Waals surface area contributed by atoms with E-state index in [0.29, 0.717) is 19.3 Å². The molecular weight excluding hydrogens is 763 g/mol. The third-order valence-corrected chi connectivity index (χ3v) is 13.4. The Morgan fingerprint density at radius 3 is 1.47 bits per heavy atom. The van der Waals surface area contributed by atoms with Crippen LogP contribution in [0, 0.1) is 11.8 Å². The van der Waals surface area contributed by atoms with Gasteiger partial charge in [0.1, 0.15) is 36.6 Å². The molecule has 11 nitrogen and oxygen atoms in total. The van der Waals surface area contributed by atoms with E-state index in [-0.39, 0.29) is 6.42 Å². The summed E-state index contributed by atoms with van der Waals surface area (Å²) in [6, 6.07) is -1.16. The van der Waals surface area contributed by atoms with E-state index in [0.717, 1.165) is 50.4 Å². The fourth-order valence-corrected chi connectivity index (χ4v) is 9.04. The first-order valence-corrected chi connectivity index (χ1v) is 25.4. The van der Waals surface area contributed by atoms with E-state index in [9.17, 15) is 40.5 Å². The molecule has 1 saturated heterocycles. The number of aliphatic hydroxyl groups excluding tert-OH is 7. The van der Waals surface area contributed by atoms with Crippen molar-refractivity contribution in [3.63, 3.8) is 0 Å². The molecule has 11 heteroatoms. The first kappa shape index (κ1) is 55.2. The number of carbonyl (C=O) groups excluding carboxylic acids is 1. The summed E-state index contributed by atoms with van der Waals surface area (Å²) in [5.74, 6) is 1.22. The Morgan fingerprint density at radius 2 is 1.00 bits per heavy atom. The van der Waals surface area contributed by atoms with Gasteiger partial charge in [0.05, 0.1) is 25.4 Å². The van der Waals surface area contributed by atoms with Crippen LogP contribution < -0.4 is 5.32 Å². The number of amides is 1. The van der Waals surface area contributed by atoms with Crippen LogP contribution in [-0.2, 0) is 14.3 Å². The van der Waals surface area contributed by atoms with Gasteiger partial charge in [0, 0.05) is 0 Å². The maximum atomic E-state index is 13.1. The smallest absolute Gasteiger partial charge is 0.249 e. The maximum Gasteiger partial charge on any atom is 0.249 e. The van der Waals surface area contributed by atoms with E-state index in [2.05, 4.69) is 19.2 Å². The van der Waals surface area contributed by atoms with Crippen molar-refractivity contribution in [1.29, 1.82) is 0 Å². The molecule has 0 aromatic rings. The van der Waals surface area contributed by atoms with Gasteiger partial charge in [-0.15, -0.1) is 0 Å². The summed E-state index contributed by atoms with van der Waals surface area (Å²) in [5, 5.41) is 75.9. The average Bonchev–Trinajstić information content (AvgIpc) is 4.01. The normalized spacial score (nSPS) is 24.9. The molecule has 60 heavy (non-hydrogen) atoms. The minimum Gasteiger partial charge on any atom is -0.394 e. The van der Waals surface area contributed by atoms with Crippen LogP contribution in [0.1, 0.15) is 226 Å². The van der Waals surface area contributed by atoms with E-state index < -0.39 is 74.2 Å². The molecule has 1 amide bonds. The lowest BCUT2D eigenvalue weighted by Gasteiger charge is -2.40. The summed E-state index contributed by atoms with van der Waals surface area (Å²) in [5.41, 5.74) is 0. The van der Waals surface area contributed by atoms with Gasteiger partial charge >= 0.3 is 0 Å². The SMILES string of the molecule is CCCCCCCCCCCCCCCCCCCC[C@H](O)C(=O)N[C@@H](CO[C@@H]1O[C@H](CO)[C@@H](O)[C@H](O)[C@H]1O)[C@H](O)[C@H](O)CCCCCCCC[C@H]1C[C@H]1CCCCCC. The highest BCUT2D eigenvalue weighted by Crippen LogP contribution is 2.45. The minimum atomic E-state index is -1.66. The standard InChI is InChI=1S/C49H95NO10/c1-3-5-7-9-10-11-12-13-14-15-16-17-18-19-20-21-26-30-34-42(53)48(58)50-40(37-59-49-47(57)46(56)45(55)43(36-51)60-49)44(54)41(52)33-29-25-23-22-24-28-32-39-35-38(39)31-27-8-6-4-2/h38-47,49,51-57H,3-37H2,1-2H3,(H,50,58)/t38-,39+,40+,41-,42+,43-,44+,45-,46+,47-,49-/m1/s1. The predicted molar refractivity (Wildman–Crippen MR) is 240 cm³/mol. The number of rotatable bonds is 41. The third kappa shape index (κ3) is 24.8. The molecule has 0 radical (unpaired) electrons. The molecule has 0 aromatic carbocycles. The monoisotopic (exact) mass is 858 g/mol. The number of unbranched alkanes of at least 4 members (excludes halogenated alkanes) is 25. The molecular formula is C49H95NO10. The highest BCUT2D eigenvalue weighted by atomic mass is 16.7. The molecule has 0 unspecified atom stereocenters. The molecule has 356 valence electrons. The zero-order valence-corrected chi connectivity index (χ0v) is 38.5. The molecule has 2 aliphatic rings. The Bertz CT molecular complexity index is 1010. The third-order valence-electron chi connectivity index (χ3n) is 13.4. The lowest BCUT2D eigenvalue weighted by Crippen LogP contribution is -2.60. The van der Waals surface area contributed by atoms with E-state index in [1.807, 2.05) is 0 Å². The minimum absolute atomic E-state index is 0.268. The molecule has 8 N–H and O–H groups in total. The molecule has 2 rings (SSSR count). The number of carbonyl (C=O) groups is 1. The van der Waals surface area contributed by atoms with Crippen molar-refractivity contribution < 1.29 is 50.0 Å². The van der Waals surface area contributed by atoms with Crippen LogP contribution in [0.25, 0.3) is 0 Å². The summed E-state index contributed by atoms with van der Waals surface area (Å²) >= 11 is 0. The van der Waals surface area contributed by atoms with Crippen LogP contribution in [0.4, 0.5) is 0 Å². The number of aliphatic hydroxyl groups is 7. The van der Waals surface area contributed by atoms with Gasteiger partial charge < -0.3 is 50.5 Å². The molecule has 11 atom stereocenters. The van der Waals surface area contributed by atoms with E-state index in [1.165, 1.54) is 148 Å². The van der Waals surface area contributed by atoms with Gasteiger partial charge in [-0.25, -0.2) is 0 Å². The molecule has 1 saturated carbocycles. The fourth-order valence-electron chi connectivity index (χ4n) is 9.04. The average molecular weight is 858 g/mol. The second kappa shape index (κ2) is 35.5. The summed E-state index contributed by atoms with van der Waals surface area (Å²) in [6.45, 7) is 3.48. The van der Waals surface area contributed by atoms with Crippen molar-refractivity contribution in [3.05, 3.63) is 0 Å². The zero-order chi connectivity index (χ0) is 43.8. The van der Waals surface area contributed by atoms with Crippen molar-refractivity contribution >= 4 is 5.91 Å². The summed E-state index contributed by atoms with van der Waals surface area (Å²) in [4.78, 5) is 13.1. The molecule has 1 heterocycles. The second-order valence-electron chi connectivity index (χ2n) is 18.8. The number of hydrogen-bond donors (Lipinski definition) is 8. The summed E-state index contributed by atoms with van der Waals surface area (Å²) in [6.07, 6.45) is 27.6. The number of nitrogens with one attached hydrogen (secondary N) is 1. The summed E-state index contributed by atoms with van der Waals surface area (Å²) < 4.78 is 11.1. The highest BCUT2D eigenvalue weighted by Gasteiger charge is 2.44. The molecule has 0 spiro atoms. The van der Waals surface area contributed by atoms with E-state index >= 15 is 0 Å². The lowest BCUT2D eigenvalue weighted by atomic mass is 9.98. The Balaban J connectivity index is 1.66. The quantitative estimate of drug-likeness (QED) is 0.0277. The van der Waals surface area contributed by atoms with Gasteiger partial charge in [0.2, 0.25) is 5.91 Å². The molecule has 1 aliphatic heterocycles. The van der Waals surface area contributed by atoms with E-state index in [1.54, 1.807) is 0 Å². The molecule has 0 bridgehead atoms. The first-order chi connectivity index (χ1) is 29.1. The van der Waals surface area contributed by atoms with Gasteiger partial charge in [-0.1, -0.05) is 206 Å². The molecule has 0 aromatic heterocycles. The van der Waals surface area contributed by atoms with Crippen LogP contribution in [0.5, 0.6) is 0 Å². The second-order valence-corrected chi connectivity index (χ2v) is 18.8. The van der Waals surface area contributed by atoms with Crippen LogP contribution in [0.15, 0.2) is 0 Å². The Kier molecular flexibility index (Phi) is 32.6. The fraction of sp³-hybridized carbons (Fsp3) is 0.980. The van der Waals surface area contributed by atoms with Crippen molar-refractivity contribution in [3.8, 4) is 0 Å². The lowest BCUT2D eigenvalue weighted by molar-refractivity contribution is -0.303. The van der Waals surface area contributed by atoms with Crippen molar-refractivity contribution in [2.75, 3.05) is 13.2 Å². The molecule has 1 aliphatic carbocycles. The van der Waals surface area contributed by atoms with Gasteiger partial charge in [0.15, 0.2) is 6.29 Å². The Hall–Kier alpha value is -0.890. The zero-order valence-electron chi connectivity index (χ0n) is 38.5. The molecule has 2 fully saturated rings. The highest BCUT2D eigenvalue weighted by molar-refractivity contribution is 5.80. The Labute approximate surface area is 366 Å². The summed E-state index contributed by atoms with van der Waals surface area (Å²) in [7, 11) is 0. The predicted octanol–water partition coefficient (Wildman–Crippen LogP) is 8.53. The number of hydrogen-bond acceptors (Lipinski definition) is 10. The van der Waals surface area contributed by atoms with Gasteiger partial charge in [-0.2, -0.15) is 0 Å². The van der Waals surface area contributed by atoms with Gasteiger partial charge in [0.25, 0.3) is 0 Å². The van der Waals surface area contributed by atoms with Crippen LogP contribution in [0.2, 0.25) is 0 Å². The van der Waals surface area contributed by atoms with Crippen molar-refractivity contribution in [2.45, 2.75) is 281 Å². The van der Waals surface area contributed by atoms with Gasteiger partial charge in [-0.3, -0.25) is 4.79 Å². The van der Waals surface area contributed by atoms with Crippen molar-refractivity contribution in [2.24, 2.45) is 11.8 Å². The van der Waals surface area contributed by atoms with Crippen LogP contribution in [-0.4, -0.2) is 110 Å².